The predicted molar refractivity (Wildman–Crippen MR) is 364 cm³/mol. The fourth-order valence-electron chi connectivity index (χ4n) is 11.5. The van der Waals surface area contributed by atoms with Crippen LogP contribution in [0.3, 0.4) is 0 Å². The second-order valence-corrected chi connectivity index (χ2v) is 25.3. The summed E-state index contributed by atoms with van der Waals surface area (Å²) in [6, 6.07) is -1.01. The number of amides is 1. The first-order valence-electron chi connectivity index (χ1n) is 36.0. The maximum atomic E-state index is 13.4. The maximum absolute atomic E-state index is 13.4. The highest BCUT2D eigenvalue weighted by Gasteiger charge is 2.53. The van der Waals surface area contributed by atoms with Gasteiger partial charge in [0.1, 0.15) is 73.2 Å². The second kappa shape index (κ2) is 54.7. The number of carbonyl (C=O) groups excluding carboxylic acids is 1. The van der Waals surface area contributed by atoms with E-state index in [0.29, 0.717) is 12.8 Å². The average Bonchev–Trinajstić information content (AvgIpc) is 0.902. The van der Waals surface area contributed by atoms with Crippen LogP contribution in [-0.4, -0.2) is 193 Å². The minimum absolute atomic E-state index is 0.223. The van der Waals surface area contributed by atoms with Gasteiger partial charge in [0, 0.05) is 6.42 Å². The number of aliphatic hydroxyl groups excluding tert-OH is 11. The quantitative estimate of drug-likeness (QED) is 0.0199. The molecule has 0 bridgehead atoms. The molecular formula is C74H127NO18. The third kappa shape index (κ3) is 36.2. The van der Waals surface area contributed by atoms with Gasteiger partial charge in [-0.2, -0.15) is 0 Å². The van der Waals surface area contributed by atoms with Gasteiger partial charge in [-0.3, -0.25) is 4.79 Å². The minimum Gasteiger partial charge on any atom is -0.394 e. The predicted octanol–water partition coefficient (Wildman–Crippen LogP) is 10.0. The minimum atomic E-state index is -1.99. The standard InChI is InChI=1S/C74H127NO18/c1-3-5-7-9-11-13-15-17-19-21-23-25-26-27-28-29-30-32-34-36-38-40-42-44-46-48-50-52-62(80)75-57(58(79)51-49-47-45-43-41-39-37-35-33-31-24-22-20-18-16-14-12-10-8-6-4-2)56-88-72-68(86)65(83)70(60(54-77)90-72)93-74-69(87)66(84)71(61(55-78)91-74)92-73-67(85)64(82)63(81)59(53-76)89-73/h5,7,11,13,17,19,23,25,27-28,33,35,41,43,49,51,57-61,63-74,76-79,81-87H,3-4,6,8-10,12,14-16,18,20-22,24,26,29-32,34,36-40,42,44-48,50,52-56H2,1-2H3,(H,75,80)/b7-5-,13-11-,19-17-,25-23-,28-27-,35-33+,43-41+,51-49+. The van der Waals surface area contributed by atoms with Gasteiger partial charge in [-0.15, -0.1) is 0 Å². The smallest absolute Gasteiger partial charge is 0.220 e. The number of ether oxygens (including phenoxy) is 6. The molecule has 19 nitrogen and oxygen atoms in total. The van der Waals surface area contributed by atoms with E-state index in [9.17, 15) is 61.0 Å². The molecule has 17 atom stereocenters. The Morgan fingerprint density at radius 2 is 0.753 bits per heavy atom. The van der Waals surface area contributed by atoms with E-state index in [2.05, 4.69) is 104 Å². The van der Waals surface area contributed by atoms with Crippen molar-refractivity contribution in [1.82, 2.24) is 5.32 Å². The van der Waals surface area contributed by atoms with E-state index >= 15 is 0 Å². The zero-order chi connectivity index (χ0) is 67.5. The molecular weight excluding hydrogens is 1190 g/mol. The molecule has 3 heterocycles. The summed E-state index contributed by atoms with van der Waals surface area (Å²) in [5.41, 5.74) is 0. The largest absolute Gasteiger partial charge is 0.394 e. The van der Waals surface area contributed by atoms with E-state index < -0.39 is 124 Å². The van der Waals surface area contributed by atoms with E-state index in [4.69, 9.17) is 28.4 Å². The van der Waals surface area contributed by atoms with Gasteiger partial charge in [0.25, 0.3) is 0 Å². The third-order valence-electron chi connectivity index (χ3n) is 17.3. The molecule has 0 aliphatic carbocycles. The van der Waals surface area contributed by atoms with Crippen LogP contribution in [0.4, 0.5) is 0 Å². The van der Waals surface area contributed by atoms with Gasteiger partial charge in [0.2, 0.25) is 5.91 Å². The van der Waals surface area contributed by atoms with Crippen molar-refractivity contribution in [3.05, 3.63) is 97.2 Å². The molecule has 3 aliphatic heterocycles. The summed E-state index contributed by atoms with van der Waals surface area (Å²) in [4.78, 5) is 13.4. The van der Waals surface area contributed by atoms with Crippen LogP contribution in [0.2, 0.25) is 0 Å². The highest BCUT2D eigenvalue weighted by Crippen LogP contribution is 2.33. The molecule has 3 fully saturated rings. The lowest BCUT2D eigenvalue weighted by molar-refractivity contribution is -0.379. The molecule has 0 aromatic heterocycles. The zero-order valence-electron chi connectivity index (χ0n) is 56.7. The lowest BCUT2D eigenvalue weighted by Gasteiger charge is -2.48. The Bertz CT molecular complexity index is 2060. The van der Waals surface area contributed by atoms with Gasteiger partial charge >= 0.3 is 0 Å². The molecule has 0 aromatic rings. The normalized spacial score (nSPS) is 28.1. The van der Waals surface area contributed by atoms with Gasteiger partial charge in [-0.05, 0) is 89.9 Å². The SMILES string of the molecule is CC/C=C\C/C=C\C/C=C\C/C=C\C/C=C\CCCCCCCCCCCCCC(=O)NC(COC1OC(CO)C(OC2OC(CO)C(OC3OC(CO)C(O)C(O)C3O)C(O)C2O)C(O)C1O)C(O)/C=C/CC/C=C/CC/C=C/CCCCCCCCCCCCC. The molecule has 17 unspecified atom stereocenters. The van der Waals surface area contributed by atoms with Gasteiger partial charge < -0.3 is 89.9 Å². The molecule has 1 amide bonds. The molecule has 0 aromatic carbocycles. The maximum Gasteiger partial charge on any atom is 0.220 e. The van der Waals surface area contributed by atoms with Crippen molar-refractivity contribution in [2.24, 2.45) is 0 Å². The van der Waals surface area contributed by atoms with Gasteiger partial charge in [0.05, 0.1) is 38.6 Å². The van der Waals surface area contributed by atoms with Gasteiger partial charge in [-0.25, -0.2) is 0 Å². The van der Waals surface area contributed by atoms with Crippen LogP contribution in [0.5, 0.6) is 0 Å². The number of hydrogen-bond acceptors (Lipinski definition) is 18. The van der Waals surface area contributed by atoms with Gasteiger partial charge in [-0.1, -0.05) is 233 Å². The van der Waals surface area contributed by atoms with Crippen LogP contribution in [0, 0.1) is 0 Å². The molecule has 93 heavy (non-hydrogen) atoms. The number of hydrogen-bond donors (Lipinski definition) is 12. The Balaban J connectivity index is 1.44. The summed E-state index contributed by atoms with van der Waals surface area (Å²) in [6.45, 7) is 1.59. The third-order valence-corrected chi connectivity index (χ3v) is 17.3. The van der Waals surface area contributed by atoms with Gasteiger partial charge in [0.15, 0.2) is 18.9 Å². The van der Waals surface area contributed by atoms with Crippen molar-refractivity contribution in [3.8, 4) is 0 Å². The van der Waals surface area contributed by atoms with Crippen LogP contribution >= 0.6 is 0 Å². The zero-order valence-corrected chi connectivity index (χ0v) is 56.7. The van der Waals surface area contributed by atoms with Crippen molar-refractivity contribution < 1.29 is 89.4 Å². The molecule has 0 saturated carbocycles. The van der Waals surface area contributed by atoms with Crippen molar-refractivity contribution in [2.75, 3.05) is 26.4 Å². The Kier molecular flexibility index (Phi) is 49.4. The molecule has 12 N–H and O–H groups in total. The lowest BCUT2D eigenvalue weighted by Crippen LogP contribution is -2.66. The Morgan fingerprint density at radius 3 is 1.20 bits per heavy atom. The van der Waals surface area contributed by atoms with Crippen molar-refractivity contribution in [3.63, 3.8) is 0 Å². The first-order valence-corrected chi connectivity index (χ1v) is 36.0. The van der Waals surface area contributed by atoms with E-state index in [-0.39, 0.29) is 18.9 Å². The van der Waals surface area contributed by atoms with E-state index in [0.717, 1.165) is 89.9 Å². The number of unbranched alkanes of at least 4 members (excludes halogenated alkanes) is 24. The molecule has 3 rings (SSSR count). The number of carbonyl (C=O) groups is 1. The fraction of sp³-hybridized carbons (Fsp3) is 0.770. The molecule has 0 spiro atoms. The topological polar surface area (TPSA) is 307 Å². The van der Waals surface area contributed by atoms with Crippen LogP contribution in [0.15, 0.2) is 97.2 Å². The van der Waals surface area contributed by atoms with E-state index in [1.54, 1.807) is 6.08 Å². The first kappa shape index (κ1) is 83.9. The Hall–Kier alpha value is -3.29. The summed E-state index contributed by atoms with van der Waals surface area (Å²) >= 11 is 0. The molecule has 3 saturated heterocycles. The van der Waals surface area contributed by atoms with Crippen LogP contribution < -0.4 is 5.32 Å². The fourth-order valence-corrected chi connectivity index (χ4v) is 11.5. The average molecular weight is 1320 g/mol. The number of rotatable bonds is 54. The van der Waals surface area contributed by atoms with Crippen LogP contribution in [-0.2, 0) is 33.2 Å². The van der Waals surface area contributed by atoms with Crippen LogP contribution in [0.1, 0.15) is 232 Å². The van der Waals surface area contributed by atoms with Crippen molar-refractivity contribution >= 4 is 5.91 Å². The number of nitrogens with one attached hydrogen (secondary N) is 1. The summed E-state index contributed by atoms with van der Waals surface area (Å²) in [7, 11) is 0. The lowest BCUT2D eigenvalue weighted by atomic mass is 9.96. The summed E-state index contributed by atoms with van der Waals surface area (Å²) in [6.07, 6.45) is 45.2. The highest BCUT2D eigenvalue weighted by molar-refractivity contribution is 5.76. The molecule has 19 heteroatoms. The Labute approximate surface area is 558 Å². The monoisotopic (exact) mass is 1320 g/mol. The van der Waals surface area contributed by atoms with E-state index in [1.165, 1.54) is 109 Å². The molecule has 0 radical (unpaired) electrons. The van der Waals surface area contributed by atoms with Crippen LogP contribution in [0.25, 0.3) is 0 Å². The highest BCUT2D eigenvalue weighted by atomic mass is 16.8. The van der Waals surface area contributed by atoms with Crippen molar-refractivity contribution in [1.29, 1.82) is 0 Å². The molecule has 3 aliphatic rings. The molecule has 536 valence electrons. The summed E-state index contributed by atoms with van der Waals surface area (Å²) in [5.74, 6) is -0.296. The van der Waals surface area contributed by atoms with E-state index in [1.807, 2.05) is 6.08 Å². The first-order chi connectivity index (χ1) is 45.3. The number of allylic oxidation sites excluding steroid dienone is 15. The summed E-state index contributed by atoms with van der Waals surface area (Å²) < 4.78 is 34.3. The Morgan fingerprint density at radius 1 is 0.398 bits per heavy atom. The second-order valence-electron chi connectivity index (χ2n) is 25.3. The summed E-state index contributed by atoms with van der Waals surface area (Å²) in [5, 5.41) is 121. The number of aliphatic hydroxyl groups is 11. The van der Waals surface area contributed by atoms with Crippen molar-refractivity contribution in [2.45, 2.75) is 336 Å².